The number of fused-ring (bicyclic) bond motifs is 1. The van der Waals surface area contributed by atoms with Gasteiger partial charge in [0.1, 0.15) is 5.75 Å². The average molecular weight is 483 g/mol. The van der Waals surface area contributed by atoms with Gasteiger partial charge < -0.3 is 24.3 Å². The van der Waals surface area contributed by atoms with E-state index >= 15 is 0 Å². The number of rotatable bonds is 8. The van der Waals surface area contributed by atoms with Gasteiger partial charge >= 0.3 is 0 Å². The fourth-order valence-electron chi connectivity index (χ4n) is 3.92. The molecule has 1 N–H and O–H groups in total. The lowest BCUT2D eigenvalue weighted by Gasteiger charge is -2.17. The van der Waals surface area contributed by atoms with Crippen LogP contribution in [-0.4, -0.2) is 52.5 Å². The number of anilines is 1. The number of hydrogen-bond acceptors (Lipinski definition) is 8. The summed E-state index contributed by atoms with van der Waals surface area (Å²) in [5, 5.41) is 12.1. The Labute approximate surface area is 201 Å². The molecular formula is C24H26N4O5S. The van der Waals surface area contributed by atoms with Gasteiger partial charge in [-0.15, -0.1) is 10.2 Å². The predicted molar refractivity (Wildman–Crippen MR) is 127 cm³/mol. The molecule has 0 spiro atoms. The van der Waals surface area contributed by atoms with Gasteiger partial charge in [-0.05, 0) is 56.2 Å². The molecule has 3 aromatic rings. The first-order valence-corrected chi connectivity index (χ1v) is 12.0. The molecule has 0 radical (unpaired) electrons. The smallest absolute Gasteiger partial charge is 0.237 e. The van der Waals surface area contributed by atoms with Gasteiger partial charge in [0.15, 0.2) is 22.5 Å². The molecule has 1 fully saturated rings. The molecule has 2 aromatic carbocycles. The molecule has 10 heteroatoms. The minimum absolute atomic E-state index is 0.102. The first-order valence-electron chi connectivity index (χ1n) is 11.2. The summed E-state index contributed by atoms with van der Waals surface area (Å²) in [6.07, 6.45) is 2.14. The zero-order chi connectivity index (χ0) is 23.5. The molecule has 9 nitrogen and oxygen atoms in total. The molecule has 5 rings (SSSR count). The molecule has 178 valence electrons. The molecule has 1 saturated heterocycles. The quantitative estimate of drug-likeness (QED) is 0.482. The molecule has 34 heavy (non-hydrogen) atoms. The Morgan fingerprint density at radius 1 is 1.21 bits per heavy atom. The summed E-state index contributed by atoms with van der Waals surface area (Å²) in [4.78, 5) is 12.9. The number of carbonyl (C=O) groups excluding carboxylic acids is 1. The summed E-state index contributed by atoms with van der Waals surface area (Å²) in [5.41, 5.74) is 1.58. The van der Waals surface area contributed by atoms with Gasteiger partial charge in [-0.1, -0.05) is 11.8 Å². The molecule has 1 aromatic heterocycles. The number of ether oxygens (including phenoxy) is 4. The van der Waals surface area contributed by atoms with Crippen LogP contribution in [0.5, 0.6) is 17.2 Å². The lowest BCUT2D eigenvalue weighted by Crippen LogP contribution is -2.23. The van der Waals surface area contributed by atoms with Gasteiger partial charge in [-0.3, -0.25) is 9.36 Å². The number of amides is 1. The minimum atomic E-state index is -0.401. The standard InChI is InChI=1S/C24H26N4O5S/c1-15(23(29)25-17-7-10-20-21(12-17)33-14-32-20)34-24-27-26-22(16-5-8-18(30-2)9-6-16)28(24)13-19-4-3-11-31-19/h5-10,12,15,19H,3-4,11,13-14H2,1-2H3,(H,25,29). The monoisotopic (exact) mass is 482 g/mol. The molecule has 2 unspecified atom stereocenters. The molecule has 2 aliphatic heterocycles. The summed E-state index contributed by atoms with van der Waals surface area (Å²) in [5.74, 6) is 2.68. The summed E-state index contributed by atoms with van der Waals surface area (Å²) in [7, 11) is 1.64. The van der Waals surface area contributed by atoms with E-state index in [1.807, 2.05) is 35.8 Å². The zero-order valence-electron chi connectivity index (χ0n) is 19.0. The molecule has 2 atom stereocenters. The van der Waals surface area contributed by atoms with E-state index in [4.69, 9.17) is 18.9 Å². The van der Waals surface area contributed by atoms with Gasteiger partial charge in [0.25, 0.3) is 0 Å². The van der Waals surface area contributed by atoms with Crippen LogP contribution in [0.15, 0.2) is 47.6 Å². The van der Waals surface area contributed by atoms with Crippen molar-refractivity contribution in [1.29, 1.82) is 0 Å². The van der Waals surface area contributed by atoms with Crippen molar-refractivity contribution in [2.75, 3.05) is 25.8 Å². The van der Waals surface area contributed by atoms with Crippen LogP contribution in [0, 0.1) is 0 Å². The van der Waals surface area contributed by atoms with E-state index in [0.29, 0.717) is 28.9 Å². The number of nitrogens with one attached hydrogen (secondary N) is 1. The van der Waals surface area contributed by atoms with Crippen LogP contribution in [0.2, 0.25) is 0 Å². The molecule has 1 amide bonds. The Bertz CT molecular complexity index is 1160. The fourth-order valence-corrected chi connectivity index (χ4v) is 4.77. The van der Waals surface area contributed by atoms with Crippen molar-refractivity contribution >= 4 is 23.4 Å². The van der Waals surface area contributed by atoms with E-state index in [1.165, 1.54) is 11.8 Å². The van der Waals surface area contributed by atoms with Crippen molar-refractivity contribution in [2.24, 2.45) is 0 Å². The third kappa shape index (κ3) is 4.83. The number of carbonyl (C=O) groups is 1. The predicted octanol–water partition coefficient (Wildman–Crippen LogP) is 3.98. The van der Waals surface area contributed by atoms with E-state index < -0.39 is 5.25 Å². The normalized spacial score (nSPS) is 17.5. The third-order valence-electron chi connectivity index (χ3n) is 5.77. The lowest BCUT2D eigenvalue weighted by atomic mass is 10.2. The molecule has 2 aliphatic rings. The Balaban J connectivity index is 1.34. The lowest BCUT2D eigenvalue weighted by molar-refractivity contribution is -0.115. The molecule has 0 bridgehead atoms. The second-order valence-electron chi connectivity index (χ2n) is 8.10. The maximum atomic E-state index is 12.9. The van der Waals surface area contributed by atoms with Gasteiger partial charge in [-0.25, -0.2) is 0 Å². The first kappa shape index (κ1) is 22.5. The highest BCUT2D eigenvalue weighted by Gasteiger charge is 2.25. The van der Waals surface area contributed by atoms with Crippen molar-refractivity contribution in [1.82, 2.24) is 14.8 Å². The van der Waals surface area contributed by atoms with Gasteiger partial charge in [0.2, 0.25) is 12.7 Å². The van der Waals surface area contributed by atoms with Gasteiger partial charge in [0, 0.05) is 23.9 Å². The zero-order valence-corrected chi connectivity index (χ0v) is 19.8. The summed E-state index contributed by atoms with van der Waals surface area (Å²) >= 11 is 1.37. The maximum Gasteiger partial charge on any atom is 0.237 e. The first-order chi connectivity index (χ1) is 16.6. The highest BCUT2D eigenvalue weighted by Crippen LogP contribution is 2.35. The van der Waals surface area contributed by atoms with Crippen LogP contribution in [0.3, 0.4) is 0 Å². The Hall–Kier alpha value is -3.24. The van der Waals surface area contributed by atoms with Crippen molar-refractivity contribution in [2.45, 2.75) is 42.8 Å². The van der Waals surface area contributed by atoms with Crippen molar-refractivity contribution in [3.05, 3.63) is 42.5 Å². The van der Waals surface area contributed by atoms with E-state index in [1.54, 1.807) is 25.3 Å². The molecular weight excluding hydrogens is 456 g/mol. The number of nitrogens with zero attached hydrogens (tertiary/aromatic N) is 3. The number of hydrogen-bond donors (Lipinski definition) is 1. The fraction of sp³-hybridized carbons (Fsp3) is 0.375. The van der Waals surface area contributed by atoms with Crippen molar-refractivity contribution < 1.29 is 23.7 Å². The van der Waals surface area contributed by atoms with Gasteiger partial charge in [0.05, 0.1) is 25.0 Å². The van der Waals surface area contributed by atoms with Gasteiger partial charge in [-0.2, -0.15) is 0 Å². The second-order valence-corrected chi connectivity index (χ2v) is 9.41. The molecule has 3 heterocycles. The van der Waals surface area contributed by atoms with Crippen LogP contribution in [0.4, 0.5) is 5.69 Å². The summed E-state index contributed by atoms with van der Waals surface area (Å²) < 4.78 is 23.9. The SMILES string of the molecule is COc1ccc(-c2nnc(SC(C)C(=O)Nc3ccc4c(c3)OCO4)n2CC2CCCO2)cc1. The van der Waals surface area contributed by atoms with Crippen LogP contribution < -0.4 is 19.5 Å². The average Bonchev–Trinajstić information content (AvgIpc) is 3.61. The minimum Gasteiger partial charge on any atom is -0.497 e. The summed E-state index contributed by atoms with van der Waals surface area (Å²) in [6, 6.07) is 13.1. The van der Waals surface area contributed by atoms with Crippen LogP contribution in [0.25, 0.3) is 11.4 Å². The maximum absolute atomic E-state index is 12.9. The third-order valence-corrected chi connectivity index (χ3v) is 6.85. The van der Waals surface area contributed by atoms with E-state index in [0.717, 1.165) is 36.6 Å². The number of benzene rings is 2. The van der Waals surface area contributed by atoms with E-state index in [2.05, 4.69) is 15.5 Å². The molecule has 0 saturated carbocycles. The van der Waals surface area contributed by atoms with Crippen LogP contribution in [-0.2, 0) is 16.1 Å². The summed E-state index contributed by atoms with van der Waals surface area (Å²) in [6.45, 7) is 3.44. The largest absolute Gasteiger partial charge is 0.497 e. The number of methoxy groups -OCH3 is 1. The van der Waals surface area contributed by atoms with E-state index in [-0.39, 0.29) is 18.8 Å². The highest BCUT2D eigenvalue weighted by molar-refractivity contribution is 8.00. The van der Waals surface area contributed by atoms with E-state index in [9.17, 15) is 4.79 Å². The Morgan fingerprint density at radius 2 is 2.03 bits per heavy atom. The Kier molecular flexibility index (Phi) is 6.59. The molecule has 0 aliphatic carbocycles. The Morgan fingerprint density at radius 3 is 2.79 bits per heavy atom. The number of thioether (sulfide) groups is 1. The second kappa shape index (κ2) is 9.94. The van der Waals surface area contributed by atoms with Crippen LogP contribution in [0.1, 0.15) is 19.8 Å². The van der Waals surface area contributed by atoms with Crippen molar-refractivity contribution in [3.63, 3.8) is 0 Å². The topological polar surface area (TPSA) is 96.7 Å². The van der Waals surface area contributed by atoms with Crippen molar-refractivity contribution in [3.8, 4) is 28.6 Å². The number of aromatic nitrogens is 3. The highest BCUT2D eigenvalue weighted by atomic mass is 32.2. The van der Waals surface area contributed by atoms with Crippen LogP contribution >= 0.6 is 11.8 Å².